The van der Waals surface area contributed by atoms with Crippen molar-refractivity contribution < 1.29 is 5.11 Å². The van der Waals surface area contributed by atoms with Crippen LogP contribution >= 0.6 is 0 Å². The Morgan fingerprint density at radius 1 is 1.36 bits per heavy atom. The predicted molar refractivity (Wildman–Crippen MR) is 59.5 cm³/mol. The van der Waals surface area contributed by atoms with E-state index in [1.807, 2.05) is 0 Å². The summed E-state index contributed by atoms with van der Waals surface area (Å²) in [6.45, 7) is 3.84. The standard InChI is InChI=1S/C11H24N2O/c1-13-8-5-6-11(13)10-12-7-3-2-4-9-14/h11-12,14H,2-10H2,1H3. The van der Waals surface area contributed by atoms with Crippen molar-refractivity contribution >= 4 is 0 Å². The van der Waals surface area contributed by atoms with E-state index in [2.05, 4.69) is 17.3 Å². The van der Waals surface area contributed by atoms with Gasteiger partial charge in [0.2, 0.25) is 0 Å². The van der Waals surface area contributed by atoms with Crippen LogP contribution in [-0.4, -0.2) is 49.3 Å². The third-order valence-corrected chi connectivity index (χ3v) is 3.06. The minimum atomic E-state index is 0.339. The van der Waals surface area contributed by atoms with Gasteiger partial charge in [-0.1, -0.05) is 0 Å². The van der Waals surface area contributed by atoms with Crippen LogP contribution in [0.5, 0.6) is 0 Å². The molecule has 0 aromatic heterocycles. The summed E-state index contributed by atoms with van der Waals surface area (Å²) in [4.78, 5) is 2.45. The molecule has 0 aliphatic carbocycles. The van der Waals surface area contributed by atoms with Crippen LogP contribution in [0.1, 0.15) is 32.1 Å². The van der Waals surface area contributed by atoms with Gasteiger partial charge in [0.1, 0.15) is 0 Å². The molecule has 1 atom stereocenters. The van der Waals surface area contributed by atoms with Crippen molar-refractivity contribution in [2.45, 2.75) is 38.1 Å². The molecule has 1 rings (SSSR count). The number of aliphatic hydroxyl groups excluding tert-OH is 1. The Morgan fingerprint density at radius 2 is 2.21 bits per heavy atom. The van der Waals surface area contributed by atoms with Crippen molar-refractivity contribution in [3.8, 4) is 0 Å². The first-order valence-electron chi connectivity index (χ1n) is 5.86. The van der Waals surface area contributed by atoms with Gasteiger partial charge < -0.3 is 15.3 Å². The minimum absolute atomic E-state index is 0.339. The van der Waals surface area contributed by atoms with Gasteiger partial charge in [0.25, 0.3) is 0 Å². The molecule has 2 N–H and O–H groups in total. The SMILES string of the molecule is CN1CCCC1CNCCCCCO. The fourth-order valence-corrected chi connectivity index (χ4v) is 2.04. The van der Waals surface area contributed by atoms with Gasteiger partial charge in [0.05, 0.1) is 0 Å². The normalized spacial score (nSPS) is 23.1. The molecule has 1 heterocycles. The molecular formula is C11H24N2O. The molecule has 0 bridgehead atoms. The number of likely N-dealkylation sites (N-methyl/N-ethyl adjacent to an activating group) is 1. The highest BCUT2D eigenvalue weighted by molar-refractivity contribution is 4.77. The number of hydrogen-bond donors (Lipinski definition) is 2. The molecule has 3 nitrogen and oxygen atoms in total. The number of aliphatic hydroxyl groups is 1. The molecule has 0 spiro atoms. The molecule has 0 aromatic carbocycles. The summed E-state index contributed by atoms with van der Waals surface area (Å²) < 4.78 is 0. The summed E-state index contributed by atoms with van der Waals surface area (Å²) >= 11 is 0. The molecular weight excluding hydrogens is 176 g/mol. The third-order valence-electron chi connectivity index (χ3n) is 3.06. The highest BCUT2D eigenvalue weighted by Gasteiger charge is 2.19. The van der Waals surface area contributed by atoms with E-state index in [0.717, 1.165) is 32.0 Å². The van der Waals surface area contributed by atoms with Crippen LogP contribution in [-0.2, 0) is 0 Å². The summed E-state index contributed by atoms with van der Waals surface area (Å²) in [5.74, 6) is 0. The highest BCUT2D eigenvalue weighted by atomic mass is 16.2. The molecule has 1 unspecified atom stereocenters. The van der Waals surface area contributed by atoms with Crippen LogP contribution in [0.4, 0.5) is 0 Å². The topological polar surface area (TPSA) is 35.5 Å². The Balaban J connectivity index is 1.88. The molecule has 1 saturated heterocycles. The molecule has 0 amide bonds. The maximum Gasteiger partial charge on any atom is 0.0431 e. The predicted octanol–water partition coefficient (Wildman–Crippen LogP) is 0.833. The lowest BCUT2D eigenvalue weighted by atomic mass is 10.2. The Bertz CT molecular complexity index is 141. The molecule has 1 aliphatic rings. The molecule has 0 radical (unpaired) electrons. The Morgan fingerprint density at radius 3 is 2.86 bits per heavy atom. The summed E-state index contributed by atoms with van der Waals surface area (Å²) in [5, 5.41) is 12.1. The third kappa shape index (κ3) is 4.40. The molecule has 1 aliphatic heterocycles. The average molecular weight is 200 g/mol. The van der Waals surface area contributed by atoms with E-state index in [4.69, 9.17) is 5.11 Å². The minimum Gasteiger partial charge on any atom is -0.396 e. The van der Waals surface area contributed by atoms with Gasteiger partial charge in [-0.25, -0.2) is 0 Å². The van der Waals surface area contributed by atoms with Crippen LogP contribution in [0.2, 0.25) is 0 Å². The first-order valence-corrected chi connectivity index (χ1v) is 5.86. The van der Waals surface area contributed by atoms with Gasteiger partial charge in [-0.3, -0.25) is 0 Å². The molecule has 3 heteroatoms. The van der Waals surface area contributed by atoms with E-state index >= 15 is 0 Å². The second-order valence-corrected chi connectivity index (χ2v) is 4.27. The van der Waals surface area contributed by atoms with Crippen molar-refractivity contribution in [3.63, 3.8) is 0 Å². The number of likely N-dealkylation sites (tertiary alicyclic amines) is 1. The van der Waals surface area contributed by atoms with Crippen LogP contribution in [0.15, 0.2) is 0 Å². The second kappa shape index (κ2) is 7.21. The summed E-state index contributed by atoms with van der Waals surface area (Å²) in [6.07, 6.45) is 5.99. The summed E-state index contributed by atoms with van der Waals surface area (Å²) in [5.41, 5.74) is 0. The Kier molecular flexibility index (Phi) is 6.15. The monoisotopic (exact) mass is 200 g/mol. The van der Waals surface area contributed by atoms with Crippen molar-refractivity contribution in [2.24, 2.45) is 0 Å². The van der Waals surface area contributed by atoms with Crippen LogP contribution in [0.25, 0.3) is 0 Å². The number of nitrogens with zero attached hydrogens (tertiary/aromatic N) is 1. The van der Waals surface area contributed by atoms with E-state index in [1.165, 1.54) is 25.8 Å². The number of hydrogen-bond acceptors (Lipinski definition) is 3. The number of rotatable bonds is 7. The molecule has 84 valence electrons. The molecule has 0 aromatic rings. The van der Waals surface area contributed by atoms with E-state index in [1.54, 1.807) is 0 Å². The zero-order valence-electron chi connectivity index (χ0n) is 9.34. The van der Waals surface area contributed by atoms with E-state index < -0.39 is 0 Å². The fraction of sp³-hybridized carbons (Fsp3) is 1.00. The fourth-order valence-electron chi connectivity index (χ4n) is 2.04. The summed E-state index contributed by atoms with van der Waals surface area (Å²) in [6, 6.07) is 0.757. The molecule has 14 heavy (non-hydrogen) atoms. The largest absolute Gasteiger partial charge is 0.396 e. The number of nitrogens with one attached hydrogen (secondary N) is 1. The molecule has 0 saturated carbocycles. The Hall–Kier alpha value is -0.120. The maximum atomic E-state index is 8.60. The van der Waals surface area contributed by atoms with Gasteiger partial charge in [-0.15, -0.1) is 0 Å². The molecule has 1 fully saturated rings. The van der Waals surface area contributed by atoms with Gasteiger partial charge in [-0.2, -0.15) is 0 Å². The zero-order valence-corrected chi connectivity index (χ0v) is 9.34. The lowest BCUT2D eigenvalue weighted by molar-refractivity contribution is 0.280. The van der Waals surface area contributed by atoms with Crippen molar-refractivity contribution in [1.29, 1.82) is 0 Å². The van der Waals surface area contributed by atoms with E-state index in [0.29, 0.717) is 6.61 Å². The first kappa shape index (κ1) is 12.0. The average Bonchev–Trinajstić information content (AvgIpc) is 2.58. The Labute approximate surface area is 87.5 Å². The van der Waals surface area contributed by atoms with E-state index in [-0.39, 0.29) is 0 Å². The highest BCUT2D eigenvalue weighted by Crippen LogP contribution is 2.13. The van der Waals surface area contributed by atoms with Crippen molar-refractivity contribution in [2.75, 3.05) is 33.3 Å². The van der Waals surface area contributed by atoms with Crippen LogP contribution < -0.4 is 5.32 Å². The lowest BCUT2D eigenvalue weighted by Gasteiger charge is -2.19. The van der Waals surface area contributed by atoms with Crippen molar-refractivity contribution in [1.82, 2.24) is 10.2 Å². The smallest absolute Gasteiger partial charge is 0.0431 e. The van der Waals surface area contributed by atoms with Gasteiger partial charge >= 0.3 is 0 Å². The zero-order chi connectivity index (χ0) is 10.2. The lowest BCUT2D eigenvalue weighted by Crippen LogP contribution is -2.35. The van der Waals surface area contributed by atoms with Gasteiger partial charge in [0.15, 0.2) is 0 Å². The van der Waals surface area contributed by atoms with Gasteiger partial charge in [-0.05, 0) is 52.2 Å². The summed E-state index contributed by atoms with van der Waals surface area (Å²) in [7, 11) is 2.21. The maximum absolute atomic E-state index is 8.60. The van der Waals surface area contributed by atoms with Crippen LogP contribution in [0.3, 0.4) is 0 Å². The first-order chi connectivity index (χ1) is 6.84. The van der Waals surface area contributed by atoms with Crippen LogP contribution in [0, 0.1) is 0 Å². The van der Waals surface area contributed by atoms with Gasteiger partial charge in [0, 0.05) is 19.2 Å². The number of unbranched alkanes of at least 4 members (excludes halogenated alkanes) is 2. The van der Waals surface area contributed by atoms with Crippen molar-refractivity contribution in [3.05, 3.63) is 0 Å². The van der Waals surface area contributed by atoms with E-state index in [9.17, 15) is 0 Å². The second-order valence-electron chi connectivity index (χ2n) is 4.27. The quantitative estimate of drug-likeness (QED) is 0.598.